The first-order valence-corrected chi connectivity index (χ1v) is 7.46. The Labute approximate surface area is 114 Å². The zero-order valence-corrected chi connectivity index (χ0v) is 11.5. The predicted molar refractivity (Wildman–Crippen MR) is 73.3 cm³/mol. The normalized spacial score (nSPS) is 31.1. The molecule has 5 heteroatoms. The van der Waals surface area contributed by atoms with Crippen LogP contribution in [0.3, 0.4) is 0 Å². The van der Waals surface area contributed by atoms with Gasteiger partial charge in [-0.15, -0.1) is 0 Å². The Hall–Kier alpha value is -1.10. The number of rotatable bonds is 5. The number of nitrogens with two attached hydrogens (primary N) is 1. The molecule has 1 saturated heterocycles. The second-order valence-electron chi connectivity index (χ2n) is 5.86. The lowest BCUT2D eigenvalue weighted by atomic mass is 9.84. The largest absolute Gasteiger partial charge is 0.369 e. The molecule has 1 aliphatic heterocycles. The van der Waals surface area contributed by atoms with Gasteiger partial charge in [-0.3, -0.25) is 9.59 Å². The number of hydrogen-bond acceptors (Lipinski definition) is 3. The van der Waals surface area contributed by atoms with Crippen LogP contribution in [0.5, 0.6) is 0 Å². The molecule has 0 radical (unpaired) electrons. The highest BCUT2D eigenvalue weighted by Gasteiger charge is 2.30. The highest BCUT2D eigenvalue weighted by Crippen LogP contribution is 2.24. The molecule has 2 rings (SSSR count). The van der Waals surface area contributed by atoms with Crippen molar-refractivity contribution in [3.63, 3.8) is 0 Å². The summed E-state index contributed by atoms with van der Waals surface area (Å²) in [5, 5.41) is 6.32. The van der Waals surface area contributed by atoms with Crippen molar-refractivity contribution in [2.75, 3.05) is 13.1 Å². The molecule has 3 atom stereocenters. The van der Waals surface area contributed by atoms with Gasteiger partial charge in [0.2, 0.25) is 11.8 Å². The lowest BCUT2D eigenvalue weighted by molar-refractivity contribution is -0.126. The summed E-state index contributed by atoms with van der Waals surface area (Å²) in [6.45, 7) is 2.10. The summed E-state index contributed by atoms with van der Waals surface area (Å²) < 4.78 is 0. The van der Waals surface area contributed by atoms with Gasteiger partial charge in [-0.2, -0.15) is 0 Å². The second kappa shape index (κ2) is 6.89. The number of nitrogens with one attached hydrogen (secondary N) is 2. The topological polar surface area (TPSA) is 84.2 Å². The minimum Gasteiger partial charge on any atom is -0.369 e. The van der Waals surface area contributed by atoms with E-state index in [2.05, 4.69) is 10.6 Å². The van der Waals surface area contributed by atoms with Gasteiger partial charge in [0.1, 0.15) is 0 Å². The van der Waals surface area contributed by atoms with Gasteiger partial charge < -0.3 is 16.4 Å². The molecule has 1 heterocycles. The standard InChI is InChI=1S/C14H25N3O2/c15-14(19)11-3-1-2-4-12(11)17-13(18)6-5-10-7-8-16-9-10/h10-12,16H,1-9H2,(H2,15,19)(H,17,18). The van der Waals surface area contributed by atoms with Gasteiger partial charge in [0.15, 0.2) is 0 Å². The van der Waals surface area contributed by atoms with Gasteiger partial charge in [0.05, 0.1) is 5.92 Å². The highest BCUT2D eigenvalue weighted by molar-refractivity contribution is 5.80. The number of hydrogen-bond donors (Lipinski definition) is 3. The Morgan fingerprint density at radius 3 is 2.68 bits per heavy atom. The van der Waals surface area contributed by atoms with E-state index < -0.39 is 0 Å². The van der Waals surface area contributed by atoms with Crippen LogP contribution in [0.4, 0.5) is 0 Å². The molecule has 2 amide bonds. The fourth-order valence-electron chi connectivity index (χ4n) is 3.22. The highest BCUT2D eigenvalue weighted by atomic mass is 16.2. The van der Waals surface area contributed by atoms with E-state index in [0.29, 0.717) is 12.3 Å². The molecule has 0 spiro atoms. The average Bonchev–Trinajstić information content (AvgIpc) is 2.90. The van der Waals surface area contributed by atoms with Gasteiger partial charge >= 0.3 is 0 Å². The number of amides is 2. The summed E-state index contributed by atoms with van der Waals surface area (Å²) in [6, 6.07) is -0.0412. The van der Waals surface area contributed by atoms with E-state index in [1.54, 1.807) is 0 Å². The van der Waals surface area contributed by atoms with Gasteiger partial charge in [0.25, 0.3) is 0 Å². The Morgan fingerprint density at radius 2 is 2.00 bits per heavy atom. The summed E-state index contributed by atoms with van der Waals surface area (Å²) in [7, 11) is 0. The number of carbonyl (C=O) groups is 2. The first-order valence-electron chi connectivity index (χ1n) is 7.46. The molecule has 3 unspecified atom stereocenters. The van der Waals surface area contributed by atoms with Gasteiger partial charge in [-0.1, -0.05) is 12.8 Å². The van der Waals surface area contributed by atoms with Crippen molar-refractivity contribution in [3.8, 4) is 0 Å². The maximum Gasteiger partial charge on any atom is 0.222 e. The van der Waals surface area contributed by atoms with Gasteiger partial charge in [0, 0.05) is 12.5 Å². The van der Waals surface area contributed by atoms with Crippen LogP contribution < -0.4 is 16.4 Å². The smallest absolute Gasteiger partial charge is 0.222 e. The van der Waals surface area contributed by atoms with E-state index >= 15 is 0 Å². The van der Waals surface area contributed by atoms with E-state index in [1.165, 1.54) is 6.42 Å². The Bertz CT molecular complexity index is 327. The molecule has 108 valence electrons. The molecule has 2 aliphatic rings. The third kappa shape index (κ3) is 4.20. The number of primary amides is 1. The van der Waals surface area contributed by atoms with Crippen molar-refractivity contribution < 1.29 is 9.59 Å². The number of carbonyl (C=O) groups excluding carboxylic acids is 2. The van der Waals surface area contributed by atoms with E-state index in [0.717, 1.165) is 45.2 Å². The zero-order chi connectivity index (χ0) is 13.7. The van der Waals surface area contributed by atoms with Crippen molar-refractivity contribution in [2.24, 2.45) is 17.6 Å². The van der Waals surface area contributed by atoms with Crippen LogP contribution in [0.1, 0.15) is 44.9 Å². The van der Waals surface area contributed by atoms with Crippen LogP contribution in [-0.2, 0) is 9.59 Å². The van der Waals surface area contributed by atoms with Crippen LogP contribution >= 0.6 is 0 Å². The molecule has 0 aromatic rings. The summed E-state index contributed by atoms with van der Waals surface area (Å²) in [6.07, 6.45) is 6.47. The minimum atomic E-state index is -0.273. The van der Waals surface area contributed by atoms with E-state index in [9.17, 15) is 9.59 Å². The third-order valence-electron chi connectivity index (χ3n) is 4.42. The van der Waals surface area contributed by atoms with Crippen LogP contribution in [0.15, 0.2) is 0 Å². The monoisotopic (exact) mass is 267 g/mol. The van der Waals surface area contributed by atoms with Gasteiger partial charge in [-0.05, 0) is 44.7 Å². The molecule has 4 N–H and O–H groups in total. The molecule has 0 aromatic carbocycles. The van der Waals surface area contributed by atoms with Crippen LogP contribution in [0.25, 0.3) is 0 Å². The van der Waals surface area contributed by atoms with Crippen molar-refractivity contribution in [1.82, 2.24) is 10.6 Å². The molecule has 5 nitrogen and oxygen atoms in total. The fourth-order valence-corrected chi connectivity index (χ4v) is 3.22. The second-order valence-corrected chi connectivity index (χ2v) is 5.86. The third-order valence-corrected chi connectivity index (χ3v) is 4.42. The fraction of sp³-hybridized carbons (Fsp3) is 0.857. The van der Waals surface area contributed by atoms with Crippen molar-refractivity contribution in [1.29, 1.82) is 0 Å². The minimum absolute atomic E-state index is 0.0412. The maximum atomic E-state index is 12.0. The van der Waals surface area contributed by atoms with E-state index in [-0.39, 0.29) is 23.8 Å². The van der Waals surface area contributed by atoms with Crippen molar-refractivity contribution >= 4 is 11.8 Å². The Morgan fingerprint density at radius 1 is 1.21 bits per heavy atom. The lowest BCUT2D eigenvalue weighted by Gasteiger charge is -2.30. The summed E-state index contributed by atoms with van der Waals surface area (Å²) in [5.74, 6) is 0.255. The van der Waals surface area contributed by atoms with Crippen LogP contribution in [0.2, 0.25) is 0 Å². The lowest BCUT2D eigenvalue weighted by Crippen LogP contribution is -2.47. The predicted octanol–water partition coefficient (Wildman–Crippen LogP) is 0.536. The maximum absolute atomic E-state index is 12.0. The SMILES string of the molecule is NC(=O)C1CCCCC1NC(=O)CCC1CCNC1. The summed E-state index contributed by atoms with van der Waals surface area (Å²) >= 11 is 0. The average molecular weight is 267 g/mol. The molecule has 1 aliphatic carbocycles. The first-order chi connectivity index (χ1) is 9.16. The Kier molecular flexibility index (Phi) is 5.19. The van der Waals surface area contributed by atoms with Crippen LogP contribution in [-0.4, -0.2) is 30.9 Å². The van der Waals surface area contributed by atoms with Gasteiger partial charge in [-0.25, -0.2) is 0 Å². The van der Waals surface area contributed by atoms with E-state index in [4.69, 9.17) is 5.73 Å². The zero-order valence-electron chi connectivity index (χ0n) is 11.5. The molecular weight excluding hydrogens is 242 g/mol. The molecule has 19 heavy (non-hydrogen) atoms. The van der Waals surface area contributed by atoms with Crippen molar-refractivity contribution in [3.05, 3.63) is 0 Å². The van der Waals surface area contributed by atoms with E-state index in [1.807, 2.05) is 0 Å². The quantitative estimate of drug-likeness (QED) is 0.679. The molecular formula is C14H25N3O2. The molecule has 2 fully saturated rings. The van der Waals surface area contributed by atoms with Crippen LogP contribution in [0, 0.1) is 11.8 Å². The summed E-state index contributed by atoms with van der Waals surface area (Å²) in [5.41, 5.74) is 5.41. The van der Waals surface area contributed by atoms with Crippen molar-refractivity contribution in [2.45, 2.75) is 51.0 Å². The first kappa shape index (κ1) is 14.3. The summed E-state index contributed by atoms with van der Waals surface area (Å²) in [4.78, 5) is 23.3. The molecule has 0 aromatic heterocycles. The molecule has 0 bridgehead atoms. The molecule has 1 saturated carbocycles. The Balaban J connectivity index is 1.74.